The molecule has 0 bridgehead atoms. The summed E-state index contributed by atoms with van der Waals surface area (Å²) in [5, 5.41) is 6.85. The average Bonchev–Trinajstić information content (AvgIpc) is 3.07. The van der Waals surface area contributed by atoms with Gasteiger partial charge in [0.25, 0.3) is 0 Å². The molecule has 3 atom stereocenters. The Kier molecular flexibility index (Phi) is 8.17. The number of rotatable bonds is 5. The molecule has 20 heavy (non-hydrogen) atoms. The van der Waals surface area contributed by atoms with E-state index in [1.54, 1.807) is 0 Å². The van der Waals surface area contributed by atoms with Crippen LogP contribution in [0, 0.1) is 5.92 Å². The predicted octanol–water partition coefficient (Wildman–Crippen LogP) is 2.44. The Bertz CT molecular complexity index is 308. The Balaban J connectivity index is 0.00000200. The summed E-state index contributed by atoms with van der Waals surface area (Å²) in [6, 6.07) is 1.38. The molecule has 2 fully saturated rings. The van der Waals surface area contributed by atoms with E-state index < -0.39 is 0 Å². The fourth-order valence-electron chi connectivity index (χ4n) is 2.80. The Morgan fingerprint density at radius 1 is 1.30 bits per heavy atom. The molecule has 0 spiro atoms. The maximum Gasteiger partial charge on any atom is 0.191 e. The van der Waals surface area contributed by atoms with Gasteiger partial charge in [-0.3, -0.25) is 9.89 Å². The second kappa shape index (κ2) is 9.07. The number of nitrogens with zero attached hydrogens (tertiary/aromatic N) is 2. The molecule has 2 aliphatic rings. The molecule has 5 heteroatoms. The van der Waals surface area contributed by atoms with Gasteiger partial charge in [-0.05, 0) is 45.6 Å². The van der Waals surface area contributed by atoms with Crippen LogP contribution in [0.25, 0.3) is 0 Å². The molecule has 0 aromatic carbocycles. The minimum absolute atomic E-state index is 0. The molecule has 3 unspecified atom stereocenters. The second-order valence-electron chi connectivity index (χ2n) is 6.11. The second-order valence-corrected chi connectivity index (χ2v) is 6.11. The van der Waals surface area contributed by atoms with Crippen LogP contribution < -0.4 is 10.6 Å². The third-order valence-corrected chi connectivity index (χ3v) is 4.37. The molecule has 0 radical (unpaired) electrons. The van der Waals surface area contributed by atoms with Gasteiger partial charge in [0.1, 0.15) is 0 Å². The van der Waals surface area contributed by atoms with Crippen molar-refractivity contribution in [2.75, 3.05) is 26.2 Å². The van der Waals surface area contributed by atoms with Crippen LogP contribution in [0.4, 0.5) is 0 Å². The van der Waals surface area contributed by atoms with Crippen molar-refractivity contribution >= 4 is 29.9 Å². The molecule has 1 saturated heterocycles. The summed E-state index contributed by atoms with van der Waals surface area (Å²) in [5.74, 6) is 1.81. The molecule has 0 amide bonds. The predicted molar refractivity (Wildman–Crippen MR) is 97.0 cm³/mol. The maximum absolute atomic E-state index is 4.71. The van der Waals surface area contributed by atoms with E-state index in [1.165, 1.54) is 32.2 Å². The monoisotopic (exact) mass is 394 g/mol. The fraction of sp³-hybridized carbons (Fsp3) is 0.933. The topological polar surface area (TPSA) is 39.7 Å². The molecule has 1 aliphatic heterocycles. The SMILES string of the molecule is CCNC(=NCCN1CCCCC1C)NC1CC1C.I. The summed E-state index contributed by atoms with van der Waals surface area (Å²) in [4.78, 5) is 7.29. The Hall–Kier alpha value is -0.0400. The number of hydrogen-bond acceptors (Lipinski definition) is 2. The van der Waals surface area contributed by atoms with Crippen LogP contribution in [0.5, 0.6) is 0 Å². The third-order valence-electron chi connectivity index (χ3n) is 4.37. The summed E-state index contributed by atoms with van der Waals surface area (Å²) in [6.45, 7) is 10.9. The van der Waals surface area contributed by atoms with E-state index in [9.17, 15) is 0 Å². The van der Waals surface area contributed by atoms with E-state index in [1.807, 2.05) is 0 Å². The van der Waals surface area contributed by atoms with Crippen LogP contribution in [0.3, 0.4) is 0 Å². The van der Waals surface area contributed by atoms with Crippen LogP contribution in [-0.4, -0.2) is 49.1 Å². The molecular weight excluding hydrogens is 363 g/mol. The van der Waals surface area contributed by atoms with E-state index in [4.69, 9.17) is 4.99 Å². The number of likely N-dealkylation sites (tertiary alicyclic amines) is 1. The lowest BCUT2D eigenvalue weighted by Gasteiger charge is -2.32. The van der Waals surface area contributed by atoms with Crippen LogP contribution in [0.15, 0.2) is 4.99 Å². The summed E-state index contributed by atoms with van der Waals surface area (Å²) < 4.78 is 0. The maximum atomic E-state index is 4.71. The van der Waals surface area contributed by atoms with E-state index in [2.05, 4.69) is 36.3 Å². The largest absolute Gasteiger partial charge is 0.357 e. The van der Waals surface area contributed by atoms with Crippen molar-refractivity contribution < 1.29 is 0 Å². The van der Waals surface area contributed by atoms with Crippen molar-refractivity contribution in [3.63, 3.8) is 0 Å². The third kappa shape index (κ3) is 5.76. The molecule has 1 aliphatic carbocycles. The van der Waals surface area contributed by atoms with Crippen molar-refractivity contribution in [2.45, 2.75) is 58.5 Å². The molecular formula is C15H31IN4. The fourth-order valence-corrected chi connectivity index (χ4v) is 2.80. The normalized spacial score (nSPS) is 30.6. The van der Waals surface area contributed by atoms with Crippen molar-refractivity contribution in [3.05, 3.63) is 0 Å². The first-order chi connectivity index (χ1) is 9.20. The summed E-state index contributed by atoms with van der Waals surface area (Å²) in [7, 11) is 0. The zero-order valence-electron chi connectivity index (χ0n) is 13.2. The number of nitrogens with one attached hydrogen (secondary N) is 2. The molecule has 118 valence electrons. The Morgan fingerprint density at radius 3 is 2.65 bits per heavy atom. The van der Waals surface area contributed by atoms with Gasteiger partial charge in [-0.1, -0.05) is 13.3 Å². The van der Waals surface area contributed by atoms with Gasteiger partial charge in [-0.2, -0.15) is 0 Å². The van der Waals surface area contributed by atoms with Gasteiger partial charge in [0.15, 0.2) is 5.96 Å². The van der Waals surface area contributed by atoms with Gasteiger partial charge in [0.05, 0.1) is 6.54 Å². The smallest absolute Gasteiger partial charge is 0.191 e. The highest BCUT2D eigenvalue weighted by Crippen LogP contribution is 2.28. The first kappa shape index (κ1) is 18.0. The van der Waals surface area contributed by atoms with Crippen molar-refractivity contribution in [1.29, 1.82) is 0 Å². The standard InChI is InChI=1S/C15H30N4.HI/c1-4-16-15(18-14-11-12(14)2)17-8-10-19-9-6-5-7-13(19)3;/h12-14H,4-11H2,1-3H3,(H2,16,17,18);1H. The van der Waals surface area contributed by atoms with Crippen LogP contribution >= 0.6 is 24.0 Å². The zero-order chi connectivity index (χ0) is 13.7. The molecule has 2 N–H and O–H groups in total. The van der Waals surface area contributed by atoms with Crippen molar-refractivity contribution in [1.82, 2.24) is 15.5 Å². The zero-order valence-corrected chi connectivity index (χ0v) is 15.5. The van der Waals surface area contributed by atoms with Gasteiger partial charge in [-0.25, -0.2) is 0 Å². The summed E-state index contributed by atoms with van der Waals surface area (Å²) >= 11 is 0. The van der Waals surface area contributed by atoms with Gasteiger partial charge in [0.2, 0.25) is 0 Å². The van der Waals surface area contributed by atoms with Crippen LogP contribution in [0.2, 0.25) is 0 Å². The van der Waals surface area contributed by atoms with Crippen molar-refractivity contribution in [3.8, 4) is 0 Å². The minimum Gasteiger partial charge on any atom is -0.357 e. The lowest BCUT2D eigenvalue weighted by molar-refractivity contribution is 0.166. The van der Waals surface area contributed by atoms with Crippen LogP contribution in [0.1, 0.15) is 46.5 Å². The number of halogens is 1. The van der Waals surface area contributed by atoms with E-state index >= 15 is 0 Å². The highest BCUT2D eigenvalue weighted by molar-refractivity contribution is 14.0. The molecule has 0 aromatic rings. The highest BCUT2D eigenvalue weighted by Gasteiger charge is 2.33. The number of guanidine groups is 1. The van der Waals surface area contributed by atoms with Gasteiger partial charge in [-0.15, -0.1) is 24.0 Å². The summed E-state index contributed by atoms with van der Waals surface area (Å²) in [6.07, 6.45) is 5.38. The highest BCUT2D eigenvalue weighted by atomic mass is 127. The van der Waals surface area contributed by atoms with Crippen molar-refractivity contribution in [2.24, 2.45) is 10.9 Å². The number of piperidine rings is 1. The quantitative estimate of drug-likeness (QED) is 0.428. The summed E-state index contributed by atoms with van der Waals surface area (Å²) in [5.41, 5.74) is 0. The Labute approximate surface area is 141 Å². The molecule has 0 aromatic heterocycles. The first-order valence-electron chi connectivity index (χ1n) is 7.99. The molecule has 2 rings (SSSR count). The molecule has 1 heterocycles. The lowest BCUT2D eigenvalue weighted by atomic mass is 10.0. The molecule has 4 nitrogen and oxygen atoms in total. The van der Waals surface area contributed by atoms with Gasteiger partial charge < -0.3 is 10.6 Å². The van der Waals surface area contributed by atoms with E-state index in [0.717, 1.165) is 37.6 Å². The number of aliphatic imine (C=N–C) groups is 1. The van der Waals surface area contributed by atoms with Crippen LogP contribution in [-0.2, 0) is 0 Å². The van der Waals surface area contributed by atoms with Gasteiger partial charge >= 0.3 is 0 Å². The number of hydrogen-bond donors (Lipinski definition) is 2. The Morgan fingerprint density at radius 2 is 2.05 bits per heavy atom. The van der Waals surface area contributed by atoms with E-state index in [0.29, 0.717) is 6.04 Å². The first-order valence-corrected chi connectivity index (χ1v) is 7.99. The minimum atomic E-state index is 0. The lowest BCUT2D eigenvalue weighted by Crippen LogP contribution is -2.41. The average molecular weight is 394 g/mol. The van der Waals surface area contributed by atoms with E-state index in [-0.39, 0.29) is 24.0 Å². The van der Waals surface area contributed by atoms with Gasteiger partial charge in [0, 0.05) is 25.2 Å². The molecule has 1 saturated carbocycles.